The van der Waals surface area contributed by atoms with Crippen LogP contribution in [0.5, 0.6) is 0 Å². The molecule has 0 heterocycles. The molecule has 1 unspecified atom stereocenters. The van der Waals surface area contributed by atoms with Gasteiger partial charge in [-0.15, -0.1) is 0 Å². The maximum atomic E-state index is 13.0. The standard InChI is InChI=1S/C77H148O6/c1-4-7-10-13-16-19-22-25-27-29-31-33-35-37-38-39-40-41-43-44-46-48-50-52-55-58-61-64-67-70-76(79)82-73-74(72-81-75(78)69-66-63-60-57-54-24-21-18-15-12-9-6-3)83-77(80)71-68-65-62-59-56-53-51-49-47-45-42-36-34-32-30-28-26-23-20-17-14-11-8-5-2/h29,31,74H,4-28,30,32-73H2,1-3H3/b31-29-. The largest absolute Gasteiger partial charge is 0.462 e. The zero-order chi connectivity index (χ0) is 59.9. The monoisotopic (exact) mass is 1170 g/mol. The summed E-state index contributed by atoms with van der Waals surface area (Å²) in [6.45, 7) is 6.74. The summed E-state index contributed by atoms with van der Waals surface area (Å²) < 4.78 is 17.0. The van der Waals surface area contributed by atoms with Crippen molar-refractivity contribution < 1.29 is 28.6 Å². The molecule has 0 saturated carbocycles. The van der Waals surface area contributed by atoms with E-state index in [0.717, 1.165) is 57.8 Å². The Kier molecular flexibility index (Phi) is 71.0. The van der Waals surface area contributed by atoms with E-state index in [1.807, 2.05) is 0 Å². The second-order valence-corrected chi connectivity index (χ2v) is 26.3. The molecule has 0 rings (SSSR count). The lowest BCUT2D eigenvalue weighted by molar-refractivity contribution is -0.167. The quantitative estimate of drug-likeness (QED) is 0.0261. The van der Waals surface area contributed by atoms with Crippen molar-refractivity contribution in [2.75, 3.05) is 13.2 Å². The molecule has 0 saturated heterocycles. The van der Waals surface area contributed by atoms with Crippen molar-refractivity contribution in [3.8, 4) is 0 Å². The van der Waals surface area contributed by atoms with Crippen LogP contribution in [-0.4, -0.2) is 37.2 Å². The predicted molar refractivity (Wildman–Crippen MR) is 363 cm³/mol. The molecular formula is C77H148O6. The average Bonchev–Trinajstić information content (AvgIpc) is 3.49. The number of allylic oxidation sites excluding steroid dienone is 2. The van der Waals surface area contributed by atoms with E-state index in [1.54, 1.807) is 0 Å². The first-order valence-electron chi connectivity index (χ1n) is 38.2. The third-order valence-corrected chi connectivity index (χ3v) is 17.8. The number of ether oxygens (including phenoxy) is 3. The van der Waals surface area contributed by atoms with E-state index >= 15 is 0 Å². The zero-order valence-corrected chi connectivity index (χ0v) is 56.8. The number of carbonyl (C=O) groups is 3. The Hall–Kier alpha value is -1.85. The highest BCUT2D eigenvalue weighted by Gasteiger charge is 2.20. The average molecular weight is 1170 g/mol. The summed E-state index contributed by atoms with van der Waals surface area (Å²) >= 11 is 0. The fraction of sp³-hybridized carbons (Fsp3) is 0.935. The fourth-order valence-electron chi connectivity index (χ4n) is 12.0. The molecule has 6 nitrogen and oxygen atoms in total. The van der Waals surface area contributed by atoms with Crippen LogP contribution < -0.4 is 0 Å². The van der Waals surface area contributed by atoms with Gasteiger partial charge in [0.25, 0.3) is 0 Å². The Bertz CT molecular complexity index is 1300. The van der Waals surface area contributed by atoms with Gasteiger partial charge in [0.1, 0.15) is 13.2 Å². The summed E-state index contributed by atoms with van der Waals surface area (Å²) in [6, 6.07) is 0. The molecule has 0 aromatic heterocycles. The Morgan fingerprint density at radius 1 is 0.229 bits per heavy atom. The molecule has 0 aromatic carbocycles. The summed E-state index contributed by atoms with van der Waals surface area (Å²) in [4.78, 5) is 38.5. The highest BCUT2D eigenvalue weighted by Crippen LogP contribution is 2.20. The third kappa shape index (κ3) is 70.8. The first-order chi connectivity index (χ1) is 41.0. The minimum absolute atomic E-state index is 0.0619. The van der Waals surface area contributed by atoms with Crippen molar-refractivity contribution in [2.24, 2.45) is 0 Å². The molecule has 0 N–H and O–H groups in total. The molecule has 492 valence electrons. The molecule has 0 amide bonds. The van der Waals surface area contributed by atoms with Crippen LogP contribution in [0.15, 0.2) is 12.2 Å². The lowest BCUT2D eigenvalue weighted by Crippen LogP contribution is -2.30. The van der Waals surface area contributed by atoms with E-state index in [9.17, 15) is 14.4 Å². The van der Waals surface area contributed by atoms with Gasteiger partial charge >= 0.3 is 17.9 Å². The van der Waals surface area contributed by atoms with Crippen LogP contribution in [0.25, 0.3) is 0 Å². The van der Waals surface area contributed by atoms with Gasteiger partial charge < -0.3 is 14.2 Å². The van der Waals surface area contributed by atoms with Crippen molar-refractivity contribution >= 4 is 17.9 Å². The normalized spacial score (nSPS) is 12.0. The lowest BCUT2D eigenvalue weighted by Gasteiger charge is -2.18. The van der Waals surface area contributed by atoms with Gasteiger partial charge in [0.15, 0.2) is 6.10 Å². The van der Waals surface area contributed by atoms with E-state index in [2.05, 4.69) is 32.9 Å². The molecule has 0 fully saturated rings. The van der Waals surface area contributed by atoms with Gasteiger partial charge in [-0.3, -0.25) is 14.4 Å². The number of hydrogen-bond acceptors (Lipinski definition) is 6. The first-order valence-corrected chi connectivity index (χ1v) is 38.2. The SMILES string of the molecule is CCCCCCCCCC/C=C\CCCCCCCCCCCCCCCCCCCC(=O)OCC(COC(=O)CCCCCCCCCCCCCC)OC(=O)CCCCCCCCCCCCCCCCCCCCCCCCCC. The van der Waals surface area contributed by atoms with Crippen LogP contribution in [0.3, 0.4) is 0 Å². The molecule has 0 radical (unpaired) electrons. The number of esters is 3. The van der Waals surface area contributed by atoms with Gasteiger partial charge in [-0.05, 0) is 44.9 Å². The second kappa shape index (κ2) is 72.6. The molecule has 0 aliphatic heterocycles. The Balaban J connectivity index is 4.13. The van der Waals surface area contributed by atoms with Crippen molar-refractivity contribution in [1.29, 1.82) is 0 Å². The molecule has 83 heavy (non-hydrogen) atoms. The summed E-state index contributed by atoms with van der Waals surface area (Å²) in [6.07, 6.45) is 88.4. The zero-order valence-electron chi connectivity index (χ0n) is 56.8. The molecular weight excluding hydrogens is 1020 g/mol. The second-order valence-electron chi connectivity index (χ2n) is 26.3. The van der Waals surface area contributed by atoms with Crippen LogP contribution in [0.1, 0.15) is 445 Å². The van der Waals surface area contributed by atoms with Gasteiger partial charge in [-0.2, -0.15) is 0 Å². The molecule has 0 aliphatic carbocycles. The molecule has 0 spiro atoms. The molecule has 1 atom stereocenters. The number of carbonyl (C=O) groups excluding carboxylic acids is 3. The van der Waals surface area contributed by atoms with Gasteiger partial charge in [0.05, 0.1) is 0 Å². The smallest absolute Gasteiger partial charge is 0.306 e. The summed E-state index contributed by atoms with van der Waals surface area (Å²) in [7, 11) is 0. The van der Waals surface area contributed by atoms with E-state index in [0.29, 0.717) is 19.3 Å². The van der Waals surface area contributed by atoms with Crippen LogP contribution in [-0.2, 0) is 28.6 Å². The van der Waals surface area contributed by atoms with Crippen molar-refractivity contribution in [3.63, 3.8) is 0 Å². The van der Waals surface area contributed by atoms with Crippen LogP contribution in [0.2, 0.25) is 0 Å². The topological polar surface area (TPSA) is 78.9 Å². The minimum atomic E-state index is -0.765. The van der Waals surface area contributed by atoms with Gasteiger partial charge in [0.2, 0.25) is 0 Å². The van der Waals surface area contributed by atoms with E-state index < -0.39 is 6.10 Å². The maximum Gasteiger partial charge on any atom is 0.306 e. The molecule has 0 bridgehead atoms. The summed E-state index contributed by atoms with van der Waals surface area (Å²) in [5, 5.41) is 0. The van der Waals surface area contributed by atoms with E-state index in [-0.39, 0.29) is 31.1 Å². The van der Waals surface area contributed by atoms with Crippen LogP contribution in [0, 0.1) is 0 Å². The van der Waals surface area contributed by atoms with Gasteiger partial charge in [0, 0.05) is 19.3 Å². The third-order valence-electron chi connectivity index (χ3n) is 17.8. The highest BCUT2D eigenvalue weighted by molar-refractivity contribution is 5.71. The highest BCUT2D eigenvalue weighted by atomic mass is 16.6. The van der Waals surface area contributed by atoms with Crippen LogP contribution >= 0.6 is 0 Å². The molecule has 6 heteroatoms. The van der Waals surface area contributed by atoms with E-state index in [1.165, 1.54) is 347 Å². The van der Waals surface area contributed by atoms with Crippen molar-refractivity contribution in [3.05, 3.63) is 12.2 Å². The van der Waals surface area contributed by atoms with Crippen molar-refractivity contribution in [1.82, 2.24) is 0 Å². The van der Waals surface area contributed by atoms with Crippen molar-refractivity contribution in [2.45, 2.75) is 451 Å². The van der Waals surface area contributed by atoms with Gasteiger partial charge in [-0.1, -0.05) is 392 Å². The maximum absolute atomic E-state index is 13.0. The Morgan fingerprint density at radius 2 is 0.398 bits per heavy atom. The Labute approximate surface area is 520 Å². The molecule has 0 aromatic rings. The predicted octanol–water partition coefficient (Wildman–Crippen LogP) is 26.3. The van der Waals surface area contributed by atoms with Crippen LogP contribution in [0.4, 0.5) is 0 Å². The Morgan fingerprint density at radius 3 is 0.602 bits per heavy atom. The number of hydrogen-bond donors (Lipinski definition) is 0. The first kappa shape index (κ1) is 81.2. The summed E-state index contributed by atoms with van der Waals surface area (Å²) in [5.74, 6) is -0.822. The minimum Gasteiger partial charge on any atom is -0.462 e. The fourth-order valence-corrected chi connectivity index (χ4v) is 12.0. The molecule has 0 aliphatic rings. The summed E-state index contributed by atoms with van der Waals surface area (Å²) in [5.41, 5.74) is 0. The van der Waals surface area contributed by atoms with E-state index in [4.69, 9.17) is 14.2 Å². The van der Waals surface area contributed by atoms with Gasteiger partial charge in [-0.25, -0.2) is 0 Å². The lowest BCUT2D eigenvalue weighted by atomic mass is 10.0. The number of rotatable bonds is 72. The number of unbranched alkanes of at least 4 members (excludes halogenated alkanes) is 59.